The molecule has 5 rings (SSSR count). The summed E-state index contributed by atoms with van der Waals surface area (Å²) in [6.07, 6.45) is 2.81. The number of carboxylic acid groups (broad SMARTS) is 1. The van der Waals surface area contributed by atoms with E-state index in [0.29, 0.717) is 49.5 Å². The van der Waals surface area contributed by atoms with Crippen LogP contribution in [0.2, 0.25) is 0 Å². The van der Waals surface area contributed by atoms with Crippen LogP contribution in [0.1, 0.15) is 41.0 Å². The van der Waals surface area contributed by atoms with Crippen LogP contribution in [0, 0.1) is 18.7 Å². The SMILES string of the molecule is Cc1cc(OCCCS(C)(=O)=O)cc2c1-c1cc(COc3ccc(C4CC4C(=O)O)c(F)c3)ccc1OCC2. The zero-order valence-corrected chi connectivity index (χ0v) is 22.7. The quantitative estimate of drug-likeness (QED) is 0.339. The first-order valence-corrected chi connectivity index (χ1v) is 15.0. The van der Waals surface area contributed by atoms with Gasteiger partial charge in [0.1, 0.15) is 39.5 Å². The Morgan fingerprint density at radius 1 is 1.10 bits per heavy atom. The van der Waals surface area contributed by atoms with Gasteiger partial charge < -0.3 is 19.3 Å². The first-order chi connectivity index (χ1) is 18.6. The lowest BCUT2D eigenvalue weighted by Gasteiger charge is -2.16. The second-order valence-corrected chi connectivity index (χ2v) is 12.6. The highest BCUT2D eigenvalue weighted by Crippen LogP contribution is 2.48. The van der Waals surface area contributed by atoms with E-state index in [4.69, 9.17) is 19.3 Å². The summed E-state index contributed by atoms with van der Waals surface area (Å²) in [4.78, 5) is 11.1. The Balaban J connectivity index is 1.30. The van der Waals surface area contributed by atoms with Gasteiger partial charge in [0, 0.05) is 30.2 Å². The number of benzene rings is 3. The number of fused-ring (bicyclic) bond motifs is 3. The molecule has 0 saturated heterocycles. The molecule has 2 atom stereocenters. The second-order valence-electron chi connectivity index (χ2n) is 10.3. The number of hydrogen-bond acceptors (Lipinski definition) is 6. The highest BCUT2D eigenvalue weighted by Gasteiger charge is 2.45. The molecule has 1 fully saturated rings. The average Bonchev–Trinajstić information content (AvgIpc) is 3.68. The van der Waals surface area contributed by atoms with Crippen LogP contribution in [0.4, 0.5) is 4.39 Å². The summed E-state index contributed by atoms with van der Waals surface area (Å²) in [6.45, 7) is 3.08. The van der Waals surface area contributed by atoms with Gasteiger partial charge in [0.25, 0.3) is 0 Å². The van der Waals surface area contributed by atoms with Crippen LogP contribution in [-0.4, -0.2) is 44.7 Å². The lowest BCUT2D eigenvalue weighted by Crippen LogP contribution is -2.08. The van der Waals surface area contributed by atoms with Gasteiger partial charge in [-0.15, -0.1) is 0 Å². The van der Waals surface area contributed by atoms with Crippen molar-refractivity contribution in [1.29, 1.82) is 0 Å². The van der Waals surface area contributed by atoms with Gasteiger partial charge in [-0.25, -0.2) is 12.8 Å². The molecule has 7 nitrogen and oxygen atoms in total. The van der Waals surface area contributed by atoms with E-state index in [1.165, 1.54) is 12.3 Å². The molecule has 1 saturated carbocycles. The Kier molecular flexibility index (Phi) is 7.53. The molecule has 1 N–H and O–H groups in total. The van der Waals surface area contributed by atoms with Crippen molar-refractivity contribution < 1.29 is 36.9 Å². The Morgan fingerprint density at radius 2 is 1.92 bits per heavy atom. The molecule has 3 aromatic carbocycles. The molecular weight excluding hydrogens is 523 g/mol. The third kappa shape index (κ3) is 6.36. The van der Waals surface area contributed by atoms with Crippen LogP contribution >= 0.6 is 0 Å². The monoisotopic (exact) mass is 554 g/mol. The Morgan fingerprint density at radius 3 is 2.64 bits per heavy atom. The number of carboxylic acids is 1. The summed E-state index contributed by atoms with van der Waals surface area (Å²) in [5.74, 6) is -0.184. The number of halogens is 1. The highest BCUT2D eigenvalue weighted by molar-refractivity contribution is 7.90. The number of sulfone groups is 1. The molecule has 1 aliphatic heterocycles. The van der Waals surface area contributed by atoms with Gasteiger partial charge in [0.2, 0.25) is 0 Å². The third-order valence-electron chi connectivity index (χ3n) is 7.15. The van der Waals surface area contributed by atoms with E-state index in [0.717, 1.165) is 33.6 Å². The minimum absolute atomic E-state index is 0.0888. The number of aryl methyl sites for hydroxylation is 1. The van der Waals surface area contributed by atoms with Gasteiger partial charge in [0.05, 0.1) is 24.9 Å². The van der Waals surface area contributed by atoms with Crippen molar-refractivity contribution in [3.05, 3.63) is 76.6 Å². The van der Waals surface area contributed by atoms with Gasteiger partial charge in [-0.3, -0.25) is 4.79 Å². The van der Waals surface area contributed by atoms with Gasteiger partial charge in [-0.1, -0.05) is 12.1 Å². The van der Waals surface area contributed by atoms with Crippen LogP contribution in [0.15, 0.2) is 48.5 Å². The van der Waals surface area contributed by atoms with Crippen LogP contribution in [0.25, 0.3) is 11.1 Å². The van der Waals surface area contributed by atoms with E-state index in [9.17, 15) is 17.6 Å². The van der Waals surface area contributed by atoms with Crippen molar-refractivity contribution in [1.82, 2.24) is 0 Å². The molecule has 1 heterocycles. The molecule has 3 aromatic rings. The molecule has 0 amide bonds. The van der Waals surface area contributed by atoms with Crippen molar-refractivity contribution in [3.8, 4) is 28.4 Å². The van der Waals surface area contributed by atoms with Crippen LogP contribution in [-0.2, 0) is 27.7 Å². The van der Waals surface area contributed by atoms with Crippen molar-refractivity contribution >= 4 is 15.8 Å². The molecule has 206 valence electrons. The lowest BCUT2D eigenvalue weighted by molar-refractivity contribution is -0.138. The number of aliphatic carboxylic acids is 1. The van der Waals surface area contributed by atoms with E-state index >= 15 is 0 Å². The highest BCUT2D eigenvalue weighted by atomic mass is 32.2. The normalized spacial score (nSPS) is 17.8. The summed E-state index contributed by atoms with van der Waals surface area (Å²) in [5.41, 5.74) is 5.43. The first kappa shape index (κ1) is 27.0. The molecule has 2 aliphatic rings. The zero-order valence-electron chi connectivity index (χ0n) is 21.9. The molecule has 0 bridgehead atoms. The van der Waals surface area contributed by atoms with Crippen molar-refractivity contribution in [2.24, 2.45) is 5.92 Å². The topological polar surface area (TPSA) is 99.1 Å². The van der Waals surface area contributed by atoms with E-state index in [2.05, 4.69) is 0 Å². The fraction of sp³-hybridized carbons (Fsp3) is 0.367. The van der Waals surface area contributed by atoms with Crippen molar-refractivity contribution in [3.63, 3.8) is 0 Å². The molecule has 39 heavy (non-hydrogen) atoms. The second kappa shape index (κ2) is 10.9. The Bertz CT molecular complexity index is 1520. The standard InChI is InChI=1S/C30H31FO7S/c1-18-12-22(36-9-3-11-39(2,34)35)14-20-8-10-37-28-7-4-19(13-26(28)29(18)20)17-38-21-5-6-23(27(31)15-21)24-16-25(24)30(32)33/h4-7,12-15,24-25H,3,8-11,16-17H2,1-2H3,(H,32,33). The van der Waals surface area contributed by atoms with Crippen LogP contribution < -0.4 is 14.2 Å². The summed E-state index contributed by atoms with van der Waals surface area (Å²) >= 11 is 0. The maximum absolute atomic E-state index is 14.6. The molecule has 0 aromatic heterocycles. The largest absolute Gasteiger partial charge is 0.494 e. The van der Waals surface area contributed by atoms with Crippen molar-refractivity contribution in [2.45, 2.75) is 38.7 Å². The van der Waals surface area contributed by atoms with E-state index in [1.54, 1.807) is 12.1 Å². The summed E-state index contributed by atoms with van der Waals surface area (Å²) in [7, 11) is -3.02. The minimum atomic E-state index is -3.02. The summed E-state index contributed by atoms with van der Waals surface area (Å²) < 4.78 is 55.1. The third-order valence-corrected chi connectivity index (χ3v) is 8.18. The molecule has 2 unspecified atom stereocenters. The number of rotatable bonds is 10. The van der Waals surface area contributed by atoms with Gasteiger partial charge >= 0.3 is 5.97 Å². The van der Waals surface area contributed by atoms with E-state index < -0.39 is 27.5 Å². The molecule has 0 spiro atoms. The van der Waals surface area contributed by atoms with Crippen LogP contribution in [0.3, 0.4) is 0 Å². The van der Waals surface area contributed by atoms with E-state index in [-0.39, 0.29) is 18.3 Å². The molecule has 1 aliphatic carbocycles. The zero-order chi connectivity index (χ0) is 27.7. The fourth-order valence-electron chi connectivity index (χ4n) is 5.14. The molecule has 9 heteroatoms. The number of hydrogen-bond donors (Lipinski definition) is 1. The van der Waals surface area contributed by atoms with Crippen LogP contribution in [0.5, 0.6) is 17.2 Å². The maximum atomic E-state index is 14.6. The fourth-order valence-corrected chi connectivity index (χ4v) is 5.78. The van der Waals surface area contributed by atoms with E-state index in [1.807, 2.05) is 37.3 Å². The van der Waals surface area contributed by atoms with Crippen molar-refractivity contribution in [2.75, 3.05) is 25.2 Å². The minimum Gasteiger partial charge on any atom is -0.494 e. The number of ether oxygens (including phenoxy) is 3. The molecular formula is C30H31FO7S. The van der Waals surface area contributed by atoms with Gasteiger partial charge in [-0.05, 0) is 77.9 Å². The summed E-state index contributed by atoms with van der Waals surface area (Å²) in [5, 5.41) is 9.12. The smallest absolute Gasteiger partial charge is 0.307 e. The predicted octanol–water partition coefficient (Wildman–Crippen LogP) is 5.32. The Labute approximate surface area is 227 Å². The molecule has 0 radical (unpaired) electrons. The first-order valence-electron chi connectivity index (χ1n) is 12.9. The van der Waals surface area contributed by atoms with Gasteiger partial charge in [0.15, 0.2) is 0 Å². The predicted molar refractivity (Wildman–Crippen MR) is 145 cm³/mol. The summed E-state index contributed by atoms with van der Waals surface area (Å²) in [6, 6.07) is 14.4. The maximum Gasteiger partial charge on any atom is 0.307 e. The Hall–Kier alpha value is -3.59. The van der Waals surface area contributed by atoms with Gasteiger partial charge in [-0.2, -0.15) is 0 Å². The lowest BCUT2D eigenvalue weighted by atomic mass is 9.92. The average molecular weight is 555 g/mol. The number of carbonyl (C=O) groups is 1.